The van der Waals surface area contributed by atoms with Crippen LogP contribution >= 0.6 is 11.8 Å². The Balaban J connectivity index is 2.43. The van der Waals surface area contributed by atoms with Crippen molar-refractivity contribution in [3.63, 3.8) is 0 Å². The molecule has 0 saturated heterocycles. The van der Waals surface area contributed by atoms with Crippen LogP contribution in [0.25, 0.3) is 0 Å². The molecule has 1 aliphatic heterocycles. The number of amides is 2. The van der Waals surface area contributed by atoms with Crippen LogP contribution in [0.3, 0.4) is 0 Å². The summed E-state index contributed by atoms with van der Waals surface area (Å²) in [6.07, 6.45) is 3.78. The van der Waals surface area contributed by atoms with Crippen molar-refractivity contribution < 1.29 is 9.59 Å². The van der Waals surface area contributed by atoms with Gasteiger partial charge in [0.15, 0.2) is 0 Å². The number of nitrogens with zero attached hydrogens (tertiary/aromatic N) is 1. The number of dihydropyridines is 1. The summed E-state index contributed by atoms with van der Waals surface area (Å²) in [7, 11) is 0. The zero-order valence-corrected chi connectivity index (χ0v) is 15.1. The smallest absolute Gasteiger partial charge is 0.251 e. The molecule has 1 aromatic carbocycles. The molecule has 0 bridgehead atoms. The zero-order chi connectivity index (χ0) is 18.4. The predicted octanol–water partition coefficient (Wildman–Crippen LogP) is 1.44. The highest BCUT2D eigenvalue weighted by molar-refractivity contribution is 8.14. The van der Waals surface area contributed by atoms with E-state index in [1.54, 1.807) is 24.3 Å². The maximum absolute atomic E-state index is 12.3. The molecule has 0 aromatic heterocycles. The van der Waals surface area contributed by atoms with Crippen molar-refractivity contribution in [2.24, 2.45) is 22.2 Å². The van der Waals surface area contributed by atoms with Crippen LogP contribution in [0.15, 0.2) is 47.0 Å². The van der Waals surface area contributed by atoms with Crippen LogP contribution in [0.5, 0.6) is 0 Å². The Hall–Kier alpha value is -2.12. The van der Waals surface area contributed by atoms with Crippen molar-refractivity contribution in [2.45, 2.75) is 37.8 Å². The van der Waals surface area contributed by atoms with Crippen LogP contribution in [0.1, 0.15) is 31.7 Å². The average Bonchev–Trinajstić information content (AvgIpc) is 2.59. The molecule has 6 nitrogen and oxygen atoms in total. The maximum Gasteiger partial charge on any atom is 0.251 e. The van der Waals surface area contributed by atoms with Gasteiger partial charge < -0.3 is 17.2 Å². The van der Waals surface area contributed by atoms with Crippen LogP contribution in [-0.4, -0.2) is 28.8 Å². The lowest BCUT2D eigenvalue weighted by molar-refractivity contribution is -0.122. The highest BCUT2D eigenvalue weighted by Crippen LogP contribution is 2.36. The molecule has 1 aromatic rings. The zero-order valence-electron chi connectivity index (χ0n) is 14.3. The molecule has 0 fully saturated rings. The number of rotatable bonds is 7. The van der Waals surface area contributed by atoms with Crippen LogP contribution in [-0.2, 0) is 15.0 Å². The van der Waals surface area contributed by atoms with Crippen LogP contribution < -0.4 is 17.2 Å². The van der Waals surface area contributed by atoms with Gasteiger partial charge in [0.1, 0.15) is 16.6 Å². The topological polar surface area (TPSA) is 125 Å². The van der Waals surface area contributed by atoms with Gasteiger partial charge in [-0.05, 0) is 23.8 Å². The van der Waals surface area contributed by atoms with E-state index < -0.39 is 23.4 Å². The second kappa shape index (κ2) is 8.31. The SMILES string of the molecule is CCCCCSC1=NC(N)C(C(N)=O)(c2ccccc2)C=C1C(N)=O. The predicted molar refractivity (Wildman–Crippen MR) is 102 cm³/mol. The molecule has 0 spiro atoms. The first-order chi connectivity index (χ1) is 11.9. The van der Waals surface area contributed by atoms with E-state index >= 15 is 0 Å². The normalized spacial score (nSPS) is 22.9. The number of unbranched alkanes of at least 4 members (excludes halogenated alkanes) is 2. The fraction of sp³-hybridized carbons (Fsp3) is 0.389. The summed E-state index contributed by atoms with van der Waals surface area (Å²) in [6.45, 7) is 2.12. The molecule has 0 aliphatic carbocycles. The molecule has 1 heterocycles. The Bertz CT molecular complexity index is 702. The molecule has 1 aliphatic rings. The number of nitrogens with two attached hydrogens (primary N) is 3. The van der Waals surface area contributed by atoms with E-state index in [1.807, 2.05) is 6.07 Å². The summed E-state index contributed by atoms with van der Waals surface area (Å²) in [5, 5.41) is 0.476. The van der Waals surface area contributed by atoms with Gasteiger partial charge in [-0.1, -0.05) is 50.1 Å². The Morgan fingerprint density at radius 3 is 2.44 bits per heavy atom. The van der Waals surface area contributed by atoms with Gasteiger partial charge in [-0.3, -0.25) is 14.6 Å². The Labute approximate surface area is 151 Å². The van der Waals surface area contributed by atoms with E-state index in [0.717, 1.165) is 25.0 Å². The molecule has 2 atom stereocenters. The Kier molecular flexibility index (Phi) is 6.39. The molecule has 134 valence electrons. The summed E-state index contributed by atoms with van der Waals surface area (Å²) in [5.74, 6) is -0.502. The van der Waals surface area contributed by atoms with Gasteiger partial charge in [0, 0.05) is 0 Å². The standard InChI is InChI=1S/C18H24N4O2S/c1-2-3-7-10-25-15-13(14(19)23)11-18(17(21)24,16(20)22-15)12-8-5-4-6-9-12/h4-6,8-9,11,16H,2-3,7,10,20H2,1H3,(H2,19,23)(H2,21,24). The third-order valence-electron chi connectivity index (χ3n) is 4.24. The van der Waals surface area contributed by atoms with Crippen molar-refractivity contribution in [3.8, 4) is 0 Å². The monoisotopic (exact) mass is 360 g/mol. The van der Waals surface area contributed by atoms with Crippen LogP contribution in [0, 0.1) is 0 Å². The third kappa shape index (κ3) is 3.93. The van der Waals surface area contributed by atoms with Crippen molar-refractivity contribution in [2.75, 3.05) is 5.75 Å². The molecule has 0 saturated carbocycles. The lowest BCUT2D eigenvalue weighted by atomic mass is 9.74. The number of carbonyl (C=O) groups excluding carboxylic acids is 2. The molecule has 2 unspecified atom stereocenters. The van der Waals surface area contributed by atoms with Gasteiger partial charge in [0.05, 0.1) is 5.57 Å². The van der Waals surface area contributed by atoms with Crippen LogP contribution in [0.2, 0.25) is 0 Å². The Morgan fingerprint density at radius 2 is 1.88 bits per heavy atom. The molecule has 2 rings (SSSR count). The molecule has 7 heteroatoms. The minimum absolute atomic E-state index is 0.200. The van der Waals surface area contributed by atoms with Crippen molar-refractivity contribution in [1.82, 2.24) is 0 Å². The second-order valence-corrected chi connectivity index (χ2v) is 7.04. The Morgan fingerprint density at radius 1 is 1.20 bits per heavy atom. The number of hydrogen-bond donors (Lipinski definition) is 3. The minimum Gasteiger partial charge on any atom is -0.369 e. The fourth-order valence-corrected chi connectivity index (χ4v) is 3.86. The maximum atomic E-state index is 12.3. The van der Waals surface area contributed by atoms with E-state index in [-0.39, 0.29) is 5.57 Å². The fourth-order valence-electron chi connectivity index (χ4n) is 2.81. The van der Waals surface area contributed by atoms with Crippen molar-refractivity contribution in [3.05, 3.63) is 47.5 Å². The highest BCUT2D eigenvalue weighted by atomic mass is 32.2. The minimum atomic E-state index is -1.39. The van der Waals surface area contributed by atoms with Gasteiger partial charge in [0.2, 0.25) is 5.91 Å². The molecular formula is C18H24N4O2S. The highest BCUT2D eigenvalue weighted by Gasteiger charge is 2.46. The number of thioether (sulfide) groups is 1. The van der Waals surface area contributed by atoms with E-state index in [0.29, 0.717) is 10.6 Å². The second-order valence-electron chi connectivity index (χ2n) is 5.96. The quantitative estimate of drug-likeness (QED) is 0.636. The number of aliphatic imine (C=N–C) groups is 1. The summed E-state index contributed by atoms with van der Waals surface area (Å²) in [4.78, 5) is 28.7. The van der Waals surface area contributed by atoms with Crippen LogP contribution in [0.4, 0.5) is 0 Å². The van der Waals surface area contributed by atoms with Gasteiger partial charge >= 0.3 is 0 Å². The molecule has 6 N–H and O–H groups in total. The van der Waals surface area contributed by atoms with Gasteiger partial charge in [-0.2, -0.15) is 0 Å². The summed E-state index contributed by atoms with van der Waals surface area (Å²) in [5.41, 5.74) is 16.9. The molecule has 2 amide bonds. The lowest BCUT2D eigenvalue weighted by Crippen LogP contribution is -2.55. The number of primary amides is 2. The van der Waals surface area contributed by atoms with E-state index in [4.69, 9.17) is 17.2 Å². The first kappa shape index (κ1) is 19.2. The molecular weight excluding hydrogens is 336 g/mol. The van der Waals surface area contributed by atoms with Gasteiger partial charge in [0.25, 0.3) is 5.91 Å². The first-order valence-corrected chi connectivity index (χ1v) is 9.26. The number of hydrogen-bond acceptors (Lipinski definition) is 5. The van der Waals surface area contributed by atoms with E-state index in [1.165, 1.54) is 17.8 Å². The number of carbonyl (C=O) groups is 2. The third-order valence-corrected chi connectivity index (χ3v) is 5.33. The van der Waals surface area contributed by atoms with E-state index in [9.17, 15) is 9.59 Å². The molecule has 0 radical (unpaired) electrons. The summed E-state index contributed by atoms with van der Waals surface area (Å²) >= 11 is 1.43. The van der Waals surface area contributed by atoms with Gasteiger partial charge in [-0.15, -0.1) is 11.8 Å². The average molecular weight is 360 g/mol. The summed E-state index contributed by atoms with van der Waals surface area (Å²) in [6, 6.07) is 8.87. The van der Waals surface area contributed by atoms with Crippen molar-refractivity contribution in [1.29, 1.82) is 0 Å². The van der Waals surface area contributed by atoms with Gasteiger partial charge in [-0.25, -0.2) is 0 Å². The van der Waals surface area contributed by atoms with Crippen molar-refractivity contribution >= 4 is 28.6 Å². The lowest BCUT2D eigenvalue weighted by Gasteiger charge is -2.35. The largest absolute Gasteiger partial charge is 0.369 e. The van der Waals surface area contributed by atoms with E-state index in [2.05, 4.69) is 11.9 Å². The number of benzene rings is 1. The molecule has 25 heavy (non-hydrogen) atoms. The summed E-state index contributed by atoms with van der Waals surface area (Å²) < 4.78 is 0. The first-order valence-electron chi connectivity index (χ1n) is 8.28.